The van der Waals surface area contributed by atoms with Crippen molar-refractivity contribution in [2.45, 2.75) is 46.5 Å². The van der Waals surface area contributed by atoms with Gasteiger partial charge < -0.3 is 15.7 Å². The molecule has 0 spiro atoms. The first-order valence-corrected chi connectivity index (χ1v) is 9.15. The van der Waals surface area contributed by atoms with E-state index in [1.54, 1.807) is 0 Å². The van der Waals surface area contributed by atoms with Gasteiger partial charge in [-0.15, -0.1) is 0 Å². The van der Waals surface area contributed by atoms with Crippen molar-refractivity contribution in [1.82, 2.24) is 20.4 Å². The molecular weight excluding hydrogens is 302 g/mol. The summed E-state index contributed by atoms with van der Waals surface area (Å²) in [6, 6.07) is 0. The molecular formula is C18H35N5O. The molecule has 24 heavy (non-hydrogen) atoms. The van der Waals surface area contributed by atoms with E-state index in [9.17, 15) is 5.11 Å². The number of nitrogens with zero attached hydrogens (tertiary/aromatic N) is 3. The summed E-state index contributed by atoms with van der Waals surface area (Å²) in [4.78, 5) is 4.70. The number of nitrogens with one attached hydrogen (secondary N) is 2. The second kappa shape index (κ2) is 11.9. The van der Waals surface area contributed by atoms with Crippen LogP contribution >= 0.6 is 0 Å². The standard InChI is InChI=1S/C18H35N5O/c1-5-19-18(21-12-16(8-10-24)11-15(2)3)20-9-6-7-17-13-22-23(4)14-17/h13-16,24H,5-12H2,1-4H3,(H2,19,20,21). The zero-order chi connectivity index (χ0) is 17.8. The zero-order valence-corrected chi connectivity index (χ0v) is 15.8. The van der Waals surface area contributed by atoms with Crippen LogP contribution in [0, 0.1) is 11.8 Å². The predicted molar refractivity (Wildman–Crippen MR) is 100 cm³/mol. The number of rotatable bonds is 11. The van der Waals surface area contributed by atoms with E-state index in [1.165, 1.54) is 5.56 Å². The number of aromatic nitrogens is 2. The molecule has 6 heteroatoms. The van der Waals surface area contributed by atoms with Crippen molar-refractivity contribution in [2.24, 2.45) is 23.9 Å². The van der Waals surface area contributed by atoms with Crippen LogP contribution in [-0.4, -0.2) is 47.1 Å². The number of aliphatic hydroxyl groups is 1. The van der Waals surface area contributed by atoms with Gasteiger partial charge in [-0.2, -0.15) is 5.10 Å². The first-order chi connectivity index (χ1) is 11.5. The van der Waals surface area contributed by atoms with Crippen LogP contribution in [0.25, 0.3) is 0 Å². The minimum absolute atomic E-state index is 0.238. The largest absolute Gasteiger partial charge is 0.396 e. The number of hydrogen-bond acceptors (Lipinski definition) is 3. The molecule has 0 aromatic carbocycles. The highest BCUT2D eigenvalue weighted by molar-refractivity contribution is 5.79. The van der Waals surface area contributed by atoms with E-state index in [2.05, 4.69) is 42.7 Å². The van der Waals surface area contributed by atoms with E-state index in [4.69, 9.17) is 4.99 Å². The van der Waals surface area contributed by atoms with Crippen molar-refractivity contribution in [3.63, 3.8) is 0 Å². The lowest BCUT2D eigenvalue weighted by Crippen LogP contribution is -2.38. The van der Waals surface area contributed by atoms with E-state index in [-0.39, 0.29) is 6.61 Å². The van der Waals surface area contributed by atoms with Crippen molar-refractivity contribution >= 4 is 5.96 Å². The van der Waals surface area contributed by atoms with Gasteiger partial charge in [0, 0.05) is 39.5 Å². The van der Waals surface area contributed by atoms with Gasteiger partial charge in [0.15, 0.2) is 5.96 Å². The van der Waals surface area contributed by atoms with Gasteiger partial charge in [0.1, 0.15) is 0 Å². The van der Waals surface area contributed by atoms with Gasteiger partial charge in [0.25, 0.3) is 0 Å². The molecule has 0 radical (unpaired) electrons. The molecule has 0 amide bonds. The fourth-order valence-electron chi connectivity index (χ4n) is 2.80. The lowest BCUT2D eigenvalue weighted by molar-refractivity contribution is 0.245. The van der Waals surface area contributed by atoms with Crippen LogP contribution in [-0.2, 0) is 13.5 Å². The lowest BCUT2D eigenvalue weighted by atomic mass is 9.94. The Morgan fingerprint density at radius 3 is 2.75 bits per heavy atom. The van der Waals surface area contributed by atoms with Crippen molar-refractivity contribution in [3.8, 4) is 0 Å². The van der Waals surface area contributed by atoms with E-state index >= 15 is 0 Å². The van der Waals surface area contributed by atoms with E-state index in [1.807, 2.05) is 17.9 Å². The van der Waals surface area contributed by atoms with Gasteiger partial charge in [-0.3, -0.25) is 9.67 Å². The highest BCUT2D eigenvalue weighted by Crippen LogP contribution is 2.15. The van der Waals surface area contributed by atoms with E-state index < -0.39 is 0 Å². The Kier molecular flexibility index (Phi) is 10.2. The maximum atomic E-state index is 9.21. The molecule has 1 heterocycles. The fourth-order valence-corrected chi connectivity index (χ4v) is 2.80. The first-order valence-electron chi connectivity index (χ1n) is 9.15. The molecule has 0 aliphatic carbocycles. The highest BCUT2D eigenvalue weighted by Gasteiger charge is 2.10. The van der Waals surface area contributed by atoms with Crippen LogP contribution in [0.2, 0.25) is 0 Å². The molecule has 3 N–H and O–H groups in total. The van der Waals surface area contributed by atoms with E-state index in [0.29, 0.717) is 11.8 Å². The summed E-state index contributed by atoms with van der Waals surface area (Å²) in [6.45, 7) is 9.25. The van der Waals surface area contributed by atoms with Gasteiger partial charge in [-0.1, -0.05) is 13.8 Å². The molecule has 0 saturated heterocycles. The second-order valence-corrected chi connectivity index (χ2v) is 6.78. The first kappa shape index (κ1) is 20.5. The number of hydrogen-bond donors (Lipinski definition) is 3. The van der Waals surface area contributed by atoms with E-state index in [0.717, 1.165) is 51.3 Å². The average molecular weight is 338 g/mol. The topological polar surface area (TPSA) is 74.5 Å². The van der Waals surface area contributed by atoms with Gasteiger partial charge >= 0.3 is 0 Å². The zero-order valence-electron chi connectivity index (χ0n) is 15.8. The third kappa shape index (κ3) is 8.91. The van der Waals surface area contributed by atoms with Crippen molar-refractivity contribution < 1.29 is 5.11 Å². The lowest BCUT2D eigenvalue weighted by Gasteiger charge is -2.17. The van der Waals surface area contributed by atoms with Crippen LogP contribution in [0.5, 0.6) is 0 Å². The Labute approximate surface area is 146 Å². The monoisotopic (exact) mass is 337 g/mol. The molecule has 0 saturated carbocycles. The maximum Gasteiger partial charge on any atom is 0.191 e. The Morgan fingerprint density at radius 1 is 1.38 bits per heavy atom. The van der Waals surface area contributed by atoms with Crippen molar-refractivity contribution in [3.05, 3.63) is 18.0 Å². The highest BCUT2D eigenvalue weighted by atomic mass is 16.3. The summed E-state index contributed by atoms with van der Waals surface area (Å²) in [5.74, 6) is 1.95. The molecule has 1 aromatic heterocycles. The third-order valence-electron chi connectivity index (χ3n) is 3.89. The van der Waals surface area contributed by atoms with Crippen molar-refractivity contribution in [2.75, 3.05) is 26.2 Å². The molecule has 138 valence electrons. The number of aliphatic imine (C=N–C) groups is 1. The molecule has 1 aromatic rings. The Bertz CT molecular complexity index is 470. The molecule has 0 aliphatic heterocycles. The van der Waals surface area contributed by atoms with Gasteiger partial charge in [0.2, 0.25) is 0 Å². The number of aryl methyl sites for hydroxylation is 2. The molecule has 0 fully saturated rings. The molecule has 1 atom stereocenters. The van der Waals surface area contributed by atoms with Crippen LogP contribution in [0.3, 0.4) is 0 Å². The molecule has 0 aliphatic rings. The Morgan fingerprint density at radius 2 is 2.17 bits per heavy atom. The third-order valence-corrected chi connectivity index (χ3v) is 3.89. The summed E-state index contributed by atoms with van der Waals surface area (Å²) in [5.41, 5.74) is 1.26. The molecule has 6 nitrogen and oxygen atoms in total. The quantitative estimate of drug-likeness (QED) is 0.328. The normalized spacial score (nSPS) is 13.3. The summed E-state index contributed by atoms with van der Waals surface area (Å²) in [6.07, 6.45) is 7.96. The second-order valence-electron chi connectivity index (χ2n) is 6.78. The smallest absolute Gasteiger partial charge is 0.191 e. The number of guanidine groups is 1. The summed E-state index contributed by atoms with van der Waals surface area (Å²) >= 11 is 0. The Hall–Kier alpha value is -1.56. The SMILES string of the molecule is CCNC(=NCC(CCO)CC(C)C)NCCCc1cnn(C)c1. The maximum absolute atomic E-state index is 9.21. The van der Waals surface area contributed by atoms with Gasteiger partial charge in [-0.05, 0) is 50.0 Å². The average Bonchev–Trinajstić information content (AvgIpc) is 2.94. The van der Waals surface area contributed by atoms with Crippen LogP contribution < -0.4 is 10.6 Å². The molecule has 0 bridgehead atoms. The van der Waals surface area contributed by atoms with Gasteiger partial charge in [0.05, 0.1) is 6.20 Å². The number of aliphatic hydroxyl groups excluding tert-OH is 1. The van der Waals surface area contributed by atoms with Crippen LogP contribution in [0.1, 0.15) is 45.6 Å². The van der Waals surface area contributed by atoms with Crippen molar-refractivity contribution in [1.29, 1.82) is 0 Å². The van der Waals surface area contributed by atoms with Crippen LogP contribution in [0.15, 0.2) is 17.4 Å². The summed E-state index contributed by atoms with van der Waals surface area (Å²) in [7, 11) is 1.94. The minimum Gasteiger partial charge on any atom is -0.396 e. The van der Waals surface area contributed by atoms with Gasteiger partial charge in [-0.25, -0.2) is 0 Å². The fraction of sp³-hybridized carbons (Fsp3) is 0.778. The van der Waals surface area contributed by atoms with Crippen LogP contribution in [0.4, 0.5) is 0 Å². The Balaban J connectivity index is 2.39. The predicted octanol–water partition coefficient (Wildman–Crippen LogP) is 1.95. The summed E-state index contributed by atoms with van der Waals surface area (Å²) in [5, 5.41) is 20.1. The summed E-state index contributed by atoms with van der Waals surface area (Å²) < 4.78 is 1.84. The molecule has 1 rings (SSSR count). The molecule has 1 unspecified atom stereocenters. The minimum atomic E-state index is 0.238.